The Kier molecular flexibility index (Phi) is 4.99. The van der Waals surface area contributed by atoms with Crippen molar-refractivity contribution in [2.24, 2.45) is 0 Å². The van der Waals surface area contributed by atoms with Crippen LogP contribution in [-0.2, 0) is 6.42 Å². The topological polar surface area (TPSA) is 12.9 Å². The molecule has 0 spiro atoms. The van der Waals surface area contributed by atoms with Gasteiger partial charge >= 0.3 is 0 Å². The summed E-state index contributed by atoms with van der Waals surface area (Å²) in [5.41, 5.74) is 1.13. The van der Waals surface area contributed by atoms with Gasteiger partial charge in [0.05, 0.1) is 15.2 Å². The van der Waals surface area contributed by atoms with E-state index in [9.17, 15) is 0 Å². The molecule has 0 bridgehead atoms. The van der Waals surface area contributed by atoms with Crippen LogP contribution in [0.3, 0.4) is 0 Å². The van der Waals surface area contributed by atoms with E-state index in [1.165, 1.54) is 41.8 Å². The van der Waals surface area contributed by atoms with Gasteiger partial charge in [0, 0.05) is 4.47 Å². The number of halogens is 1. The Morgan fingerprint density at radius 1 is 1.18 bits per heavy atom. The molecule has 0 N–H and O–H groups in total. The number of para-hydroxylation sites is 1. The van der Waals surface area contributed by atoms with Gasteiger partial charge in [-0.3, -0.25) is 0 Å². The molecule has 2 rings (SSSR count). The summed E-state index contributed by atoms with van der Waals surface area (Å²) in [6, 6.07) is 6.29. The molecule has 0 aliphatic rings. The van der Waals surface area contributed by atoms with Crippen molar-refractivity contribution in [3.63, 3.8) is 0 Å². The fraction of sp³-hybridized carbons (Fsp3) is 0.500. The number of hydrogen-bond donors (Lipinski definition) is 0. The largest absolute Gasteiger partial charge is 0.240 e. The first-order valence-electron chi connectivity index (χ1n) is 6.35. The summed E-state index contributed by atoms with van der Waals surface area (Å²) in [5, 5.41) is 1.28. The number of fused-ring (bicyclic) bond motifs is 1. The molecule has 92 valence electrons. The molecule has 1 heterocycles. The lowest BCUT2D eigenvalue weighted by atomic mass is 10.1. The van der Waals surface area contributed by atoms with Gasteiger partial charge in [0.1, 0.15) is 0 Å². The van der Waals surface area contributed by atoms with Crippen molar-refractivity contribution in [3.8, 4) is 0 Å². The lowest BCUT2D eigenvalue weighted by Crippen LogP contribution is -1.84. The number of aromatic nitrogens is 1. The zero-order valence-electron chi connectivity index (χ0n) is 10.2. The second-order valence-electron chi connectivity index (χ2n) is 4.36. The molecule has 17 heavy (non-hydrogen) atoms. The SMILES string of the molecule is CCCCCCCc1nc2c(Br)cccc2s1. The third-order valence-corrected chi connectivity index (χ3v) is 4.63. The number of aryl methyl sites for hydroxylation is 1. The standard InChI is InChI=1S/C14H18BrNS/c1-2-3-4-5-6-10-13-16-14-11(15)8-7-9-12(14)17-13/h7-9H,2-6,10H2,1H3. The van der Waals surface area contributed by atoms with Gasteiger partial charge in [0.15, 0.2) is 0 Å². The first-order valence-corrected chi connectivity index (χ1v) is 7.96. The highest BCUT2D eigenvalue weighted by molar-refractivity contribution is 9.10. The van der Waals surface area contributed by atoms with E-state index in [0.29, 0.717) is 0 Å². The average molecular weight is 312 g/mol. The van der Waals surface area contributed by atoms with Gasteiger partial charge in [-0.25, -0.2) is 4.98 Å². The molecule has 0 aliphatic carbocycles. The van der Waals surface area contributed by atoms with Crippen molar-refractivity contribution >= 4 is 37.5 Å². The fourth-order valence-corrected chi connectivity index (χ4v) is 3.57. The smallest absolute Gasteiger partial charge is 0.0957 e. The first-order chi connectivity index (χ1) is 8.31. The molecule has 3 heteroatoms. The Morgan fingerprint density at radius 2 is 2.00 bits per heavy atom. The zero-order chi connectivity index (χ0) is 12.1. The van der Waals surface area contributed by atoms with E-state index in [2.05, 4.69) is 41.1 Å². The number of thiazole rings is 1. The molecule has 0 fully saturated rings. The van der Waals surface area contributed by atoms with Gasteiger partial charge in [0.25, 0.3) is 0 Å². The first kappa shape index (κ1) is 13.0. The number of benzene rings is 1. The molecule has 0 amide bonds. The highest BCUT2D eigenvalue weighted by Gasteiger charge is 2.05. The Hall–Kier alpha value is -0.410. The second kappa shape index (κ2) is 6.50. The van der Waals surface area contributed by atoms with Gasteiger partial charge in [0.2, 0.25) is 0 Å². The van der Waals surface area contributed by atoms with Gasteiger partial charge in [-0.2, -0.15) is 0 Å². The minimum atomic E-state index is 1.11. The Bertz CT molecular complexity index is 478. The molecular weight excluding hydrogens is 294 g/mol. The third kappa shape index (κ3) is 3.52. The van der Waals surface area contributed by atoms with Crippen LogP contribution >= 0.6 is 27.3 Å². The summed E-state index contributed by atoms with van der Waals surface area (Å²) in [4.78, 5) is 4.70. The molecule has 0 unspecified atom stereocenters. The van der Waals surface area contributed by atoms with Crippen LogP contribution in [0, 0.1) is 0 Å². The van der Waals surface area contributed by atoms with Crippen molar-refractivity contribution in [2.75, 3.05) is 0 Å². The summed E-state index contributed by atoms with van der Waals surface area (Å²) < 4.78 is 2.41. The number of nitrogens with zero attached hydrogens (tertiary/aromatic N) is 1. The maximum absolute atomic E-state index is 4.70. The highest BCUT2D eigenvalue weighted by atomic mass is 79.9. The second-order valence-corrected chi connectivity index (χ2v) is 6.33. The molecule has 0 saturated carbocycles. The molecule has 0 saturated heterocycles. The molecule has 0 aliphatic heterocycles. The van der Waals surface area contributed by atoms with Crippen molar-refractivity contribution in [3.05, 3.63) is 27.7 Å². The minimum Gasteiger partial charge on any atom is -0.240 e. The lowest BCUT2D eigenvalue weighted by Gasteiger charge is -1.97. The molecule has 1 nitrogen and oxygen atoms in total. The predicted octanol–water partition coefficient (Wildman–Crippen LogP) is 5.57. The summed E-state index contributed by atoms with van der Waals surface area (Å²) in [7, 11) is 0. The van der Waals surface area contributed by atoms with E-state index < -0.39 is 0 Å². The van der Waals surface area contributed by atoms with Crippen LogP contribution in [0.15, 0.2) is 22.7 Å². The Balaban J connectivity index is 1.93. The van der Waals surface area contributed by atoms with Crippen molar-refractivity contribution in [2.45, 2.75) is 45.4 Å². The van der Waals surface area contributed by atoms with E-state index >= 15 is 0 Å². The monoisotopic (exact) mass is 311 g/mol. The molecule has 2 aromatic rings. The van der Waals surface area contributed by atoms with Crippen molar-refractivity contribution < 1.29 is 0 Å². The summed E-state index contributed by atoms with van der Waals surface area (Å²) in [6.07, 6.45) is 7.79. The predicted molar refractivity (Wildman–Crippen MR) is 79.8 cm³/mol. The molecule has 0 radical (unpaired) electrons. The highest BCUT2D eigenvalue weighted by Crippen LogP contribution is 2.28. The van der Waals surface area contributed by atoms with Crippen LogP contribution in [-0.4, -0.2) is 4.98 Å². The maximum atomic E-state index is 4.70. The van der Waals surface area contributed by atoms with E-state index in [-0.39, 0.29) is 0 Å². The average Bonchev–Trinajstić information content (AvgIpc) is 2.73. The Labute approximate surface area is 115 Å². The van der Waals surface area contributed by atoms with Crippen molar-refractivity contribution in [1.82, 2.24) is 4.98 Å². The third-order valence-electron chi connectivity index (χ3n) is 2.91. The van der Waals surface area contributed by atoms with E-state index in [0.717, 1.165) is 16.4 Å². The lowest BCUT2D eigenvalue weighted by molar-refractivity contribution is 0.631. The van der Waals surface area contributed by atoms with Crippen LogP contribution in [0.2, 0.25) is 0 Å². The molecule has 1 aromatic carbocycles. The number of unbranched alkanes of at least 4 members (excludes halogenated alkanes) is 4. The van der Waals surface area contributed by atoms with Gasteiger partial charge in [-0.1, -0.05) is 38.7 Å². The quantitative estimate of drug-likeness (QED) is 0.635. The van der Waals surface area contributed by atoms with Gasteiger partial charge in [-0.05, 0) is 40.9 Å². The zero-order valence-corrected chi connectivity index (χ0v) is 12.6. The maximum Gasteiger partial charge on any atom is 0.0957 e. The molecule has 0 atom stereocenters. The van der Waals surface area contributed by atoms with Crippen LogP contribution in [0.1, 0.15) is 44.0 Å². The normalized spacial score (nSPS) is 11.2. The van der Waals surface area contributed by atoms with Crippen LogP contribution < -0.4 is 0 Å². The van der Waals surface area contributed by atoms with Gasteiger partial charge < -0.3 is 0 Å². The van der Waals surface area contributed by atoms with Crippen molar-refractivity contribution in [1.29, 1.82) is 0 Å². The minimum absolute atomic E-state index is 1.11. The van der Waals surface area contributed by atoms with Crippen LogP contribution in [0.5, 0.6) is 0 Å². The Morgan fingerprint density at radius 3 is 2.76 bits per heavy atom. The fourth-order valence-electron chi connectivity index (χ4n) is 1.95. The summed E-state index contributed by atoms with van der Waals surface area (Å²) >= 11 is 5.39. The van der Waals surface area contributed by atoms with Crippen LogP contribution in [0.4, 0.5) is 0 Å². The van der Waals surface area contributed by atoms with E-state index in [1.54, 1.807) is 0 Å². The number of hydrogen-bond acceptors (Lipinski definition) is 2. The van der Waals surface area contributed by atoms with E-state index in [1.807, 2.05) is 11.3 Å². The summed E-state index contributed by atoms with van der Waals surface area (Å²) in [5.74, 6) is 0. The van der Waals surface area contributed by atoms with Gasteiger partial charge in [-0.15, -0.1) is 11.3 Å². The van der Waals surface area contributed by atoms with E-state index in [4.69, 9.17) is 4.98 Å². The molecule has 1 aromatic heterocycles. The van der Waals surface area contributed by atoms with Crippen LogP contribution in [0.25, 0.3) is 10.2 Å². The number of rotatable bonds is 6. The summed E-state index contributed by atoms with van der Waals surface area (Å²) in [6.45, 7) is 2.26. The molecular formula is C14H18BrNS.